The number of hydrogen-bond acceptors (Lipinski definition) is 4. The molecule has 1 atom stereocenters. The summed E-state index contributed by atoms with van der Waals surface area (Å²) in [5.41, 5.74) is 0.312. The number of ether oxygens (including phenoxy) is 1. The molecule has 1 unspecified atom stereocenters. The minimum absolute atomic E-state index is 0.0590. The molecule has 15 heavy (non-hydrogen) atoms. The van der Waals surface area contributed by atoms with Crippen molar-refractivity contribution in [3.05, 3.63) is 12.2 Å². The van der Waals surface area contributed by atoms with Crippen LogP contribution in [-0.4, -0.2) is 40.7 Å². The molecule has 0 fully saturated rings. The molecule has 0 aliphatic rings. The highest BCUT2D eigenvalue weighted by Crippen LogP contribution is 1.95. The second kappa shape index (κ2) is 9.48. The van der Waals surface area contributed by atoms with E-state index in [1.165, 1.54) is 6.92 Å². The number of alkyl halides is 1. The van der Waals surface area contributed by atoms with Gasteiger partial charge in [0, 0.05) is 12.5 Å². The largest absolute Gasteiger partial charge is 0.481 e. The smallest absolute Gasteiger partial charge is 0.333 e. The first-order valence-electron chi connectivity index (χ1n) is 4.07. The van der Waals surface area contributed by atoms with Crippen molar-refractivity contribution in [1.29, 1.82) is 0 Å². The minimum Gasteiger partial charge on any atom is -0.481 e. The topological polar surface area (TPSA) is 83.8 Å². The predicted molar refractivity (Wildman–Crippen MR) is 55.8 cm³/mol. The Morgan fingerprint density at radius 3 is 2.13 bits per heavy atom. The van der Waals surface area contributed by atoms with Gasteiger partial charge in [-0.25, -0.2) is 4.79 Å². The number of aliphatic hydroxyl groups excluding tert-OH is 1. The summed E-state index contributed by atoms with van der Waals surface area (Å²) in [5.74, 6) is -1.28. The van der Waals surface area contributed by atoms with Crippen LogP contribution in [-0.2, 0) is 14.3 Å². The monoisotopic (exact) mass is 238 g/mol. The van der Waals surface area contributed by atoms with E-state index in [0.29, 0.717) is 5.57 Å². The standard InChI is InChI=1S/C7H11ClO3.C2H4O2/c1-5(2)7(10)11-4-6(9)3-8;1-2(3)4/h6,9H,1,3-4H2,2H3;1H3,(H,3,4). The lowest BCUT2D eigenvalue weighted by molar-refractivity contribution is -0.141. The molecule has 0 aliphatic heterocycles. The van der Waals surface area contributed by atoms with Gasteiger partial charge in [0.25, 0.3) is 5.97 Å². The molecule has 0 saturated carbocycles. The van der Waals surface area contributed by atoms with E-state index in [4.69, 9.17) is 26.6 Å². The lowest BCUT2D eigenvalue weighted by Gasteiger charge is -2.07. The Morgan fingerprint density at radius 1 is 1.47 bits per heavy atom. The van der Waals surface area contributed by atoms with Crippen molar-refractivity contribution in [2.75, 3.05) is 12.5 Å². The van der Waals surface area contributed by atoms with Crippen LogP contribution in [0.3, 0.4) is 0 Å². The third kappa shape index (κ3) is 15.7. The van der Waals surface area contributed by atoms with Gasteiger partial charge in [0.1, 0.15) is 12.7 Å². The van der Waals surface area contributed by atoms with E-state index in [2.05, 4.69) is 11.3 Å². The Morgan fingerprint density at radius 2 is 1.87 bits per heavy atom. The molecule has 0 bridgehead atoms. The van der Waals surface area contributed by atoms with Gasteiger partial charge < -0.3 is 14.9 Å². The zero-order valence-electron chi connectivity index (χ0n) is 8.70. The quantitative estimate of drug-likeness (QED) is 0.430. The van der Waals surface area contributed by atoms with Crippen LogP contribution < -0.4 is 0 Å². The number of halogens is 1. The fraction of sp³-hybridized carbons (Fsp3) is 0.556. The first-order chi connectivity index (χ1) is 6.81. The van der Waals surface area contributed by atoms with Crippen molar-refractivity contribution in [3.8, 4) is 0 Å². The highest BCUT2D eigenvalue weighted by Gasteiger charge is 2.07. The van der Waals surface area contributed by atoms with Gasteiger partial charge in [0.05, 0.1) is 5.88 Å². The molecule has 0 spiro atoms. The third-order valence-electron chi connectivity index (χ3n) is 0.933. The Labute approximate surface area is 93.3 Å². The van der Waals surface area contributed by atoms with Gasteiger partial charge >= 0.3 is 5.97 Å². The number of rotatable bonds is 4. The predicted octanol–water partition coefficient (Wildman–Crippen LogP) is 0.796. The molecule has 0 rings (SSSR count). The highest BCUT2D eigenvalue weighted by atomic mass is 35.5. The number of aliphatic hydroxyl groups is 1. The molecule has 88 valence electrons. The van der Waals surface area contributed by atoms with Crippen LogP contribution in [0.2, 0.25) is 0 Å². The molecule has 0 saturated heterocycles. The summed E-state index contributed by atoms with van der Waals surface area (Å²) >= 11 is 5.25. The van der Waals surface area contributed by atoms with Crippen molar-refractivity contribution in [3.63, 3.8) is 0 Å². The van der Waals surface area contributed by atoms with Gasteiger partial charge in [-0.1, -0.05) is 6.58 Å². The van der Waals surface area contributed by atoms with Gasteiger partial charge in [-0.05, 0) is 6.92 Å². The normalized spacial score (nSPS) is 10.7. The molecule has 0 heterocycles. The number of aliphatic carboxylic acids is 1. The van der Waals surface area contributed by atoms with E-state index >= 15 is 0 Å². The van der Waals surface area contributed by atoms with Crippen molar-refractivity contribution >= 4 is 23.5 Å². The summed E-state index contributed by atoms with van der Waals surface area (Å²) < 4.78 is 4.58. The van der Waals surface area contributed by atoms with E-state index in [0.717, 1.165) is 6.92 Å². The van der Waals surface area contributed by atoms with Gasteiger partial charge in [0.2, 0.25) is 0 Å². The number of esters is 1. The molecular formula is C9H15ClO5. The van der Waals surface area contributed by atoms with Gasteiger partial charge in [0.15, 0.2) is 0 Å². The molecule has 0 aliphatic carbocycles. The summed E-state index contributed by atoms with van der Waals surface area (Å²) in [6, 6.07) is 0. The molecule has 0 radical (unpaired) electrons. The van der Waals surface area contributed by atoms with Crippen LogP contribution in [0, 0.1) is 0 Å². The lowest BCUT2D eigenvalue weighted by atomic mass is 10.3. The summed E-state index contributed by atoms with van der Waals surface area (Å²) in [4.78, 5) is 19.7. The van der Waals surface area contributed by atoms with Crippen molar-refractivity contribution in [1.82, 2.24) is 0 Å². The number of carbonyl (C=O) groups is 2. The summed E-state index contributed by atoms with van der Waals surface area (Å²) in [6.07, 6.45) is -0.792. The summed E-state index contributed by atoms with van der Waals surface area (Å²) in [7, 11) is 0. The maximum Gasteiger partial charge on any atom is 0.333 e. The molecule has 0 amide bonds. The summed E-state index contributed by atoms with van der Waals surface area (Å²) in [6.45, 7) is 5.92. The van der Waals surface area contributed by atoms with Crippen LogP contribution in [0.4, 0.5) is 0 Å². The Kier molecular flexibility index (Phi) is 10.3. The highest BCUT2D eigenvalue weighted by molar-refractivity contribution is 6.18. The number of carbonyl (C=O) groups excluding carboxylic acids is 1. The Balaban J connectivity index is 0. The maximum atomic E-state index is 10.7. The van der Waals surface area contributed by atoms with Crippen LogP contribution in [0.25, 0.3) is 0 Å². The molecular weight excluding hydrogens is 224 g/mol. The second-order valence-corrected chi connectivity index (χ2v) is 3.01. The molecule has 6 heteroatoms. The van der Waals surface area contributed by atoms with Crippen LogP contribution in [0.1, 0.15) is 13.8 Å². The average Bonchev–Trinajstić information content (AvgIpc) is 2.12. The lowest BCUT2D eigenvalue weighted by Crippen LogP contribution is -2.19. The fourth-order valence-electron chi connectivity index (χ4n) is 0.340. The molecule has 2 N–H and O–H groups in total. The average molecular weight is 239 g/mol. The first-order valence-corrected chi connectivity index (χ1v) is 4.60. The van der Waals surface area contributed by atoms with Gasteiger partial charge in [-0.15, -0.1) is 11.6 Å². The zero-order valence-corrected chi connectivity index (χ0v) is 9.45. The van der Waals surface area contributed by atoms with Crippen LogP contribution >= 0.6 is 11.6 Å². The second-order valence-electron chi connectivity index (χ2n) is 2.71. The maximum absolute atomic E-state index is 10.7. The molecule has 5 nitrogen and oxygen atoms in total. The van der Waals surface area contributed by atoms with Crippen molar-refractivity contribution < 1.29 is 24.5 Å². The van der Waals surface area contributed by atoms with E-state index in [1.54, 1.807) is 0 Å². The van der Waals surface area contributed by atoms with Gasteiger partial charge in [-0.2, -0.15) is 0 Å². The van der Waals surface area contributed by atoms with E-state index in [9.17, 15) is 4.79 Å². The third-order valence-corrected chi connectivity index (χ3v) is 1.29. The fourth-order valence-corrected chi connectivity index (χ4v) is 0.429. The van der Waals surface area contributed by atoms with Crippen molar-refractivity contribution in [2.45, 2.75) is 20.0 Å². The van der Waals surface area contributed by atoms with Gasteiger partial charge in [-0.3, -0.25) is 4.79 Å². The SMILES string of the molecule is C=C(C)C(=O)OCC(O)CCl.CC(=O)O. The Hall–Kier alpha value is -1.07. The van der Waals surface area contributed by atoms with Crippen LogP contribution in [0.5, 0.6) is 0 Å². The Bertz CT molecular complexity index is 223. The number of hydrogen-bond donors (Lipinski definition) is 2. The summed E-state index contributed by atoms with van der Waals surface area (Å²) in [5, 5.41) is 16.3. The number of carboxylic acids is 1. The van der Waals surface area contributed by atoms with Crippen LogP contribution in [0.15, 0.2) is 12.2 Å². The minimum atomic E-state index is -0.833. The van der Waals surface area contributed by atoms with E-state index < -0.39 is 18.0 Å². The van der Waals surface area contributed by atoms with E-state index in [1.807, 2.05) is 0 Å². The molecule has 0 aromatic rings. The number of carboxylic acid groups (broad SMARTS) is 1. The molecule has 0 aromatic carbocycles. The first kappa shape index (κ1) is 16.4. The van der Waals surface area contributed by atoms with Crippen molar-refractivity contribution in [2.24, 2.45) is 0 Å². The molecule has 0 aromatic heterocycles. The van der Waals surface area contributed by atoms with E-state index in [-0.39, 0.29) is 12.5 Å². The zero-order chi connectivity index (χ0) is 12.4.